The summed E-state index contributed by atoms with van der Waals surface area (Å²) >= 11 is 0. The molecule has 0 aliphatic rings. The Hall–Kier alpha value is -2.15. The van der Waals surface area contributed by atoms with Crippen molar-refractivity contribution in [3.05, 3.63) is 51.7 Å². The number of hydrogen-bond donors (Lipinski definition) is 0. The van der Waals surface area contributed by atoms with Crippen LogP contribution in [0.1, 0.15) is 41.5 Å². The Labute approximate surface area is 149 Å². The van der Waals surface area contributed by atoms with Crippen LogP contribution in [0.25, 0.3) is 0 Å². The molecule has 0 amide bonds. The molecule has 138 valence electrons. The lowest BCUT2D eigenvalue weighted by Gasteiger charge is -2.19. The Bertz CT molecular complexity index is 794. The fraction of sp³-hybridized carbons (Fsp3) is 0.444. The lowest BCUT2D eigenvalue weighted by atomic mass is 10.1. The highest BCUT2D eigenvalue weighted by Crippen LogP contribution is 2.18. The normalized spacial score (nSPS) is 15.4. The van der Waals surface area contributed by atoms with Crippen LogP contribution in [0.5, 0.6) is 0 Å². The average molecular weight is 366 g/mol. The first kappa shape index (κ1) is 20.9. The standard InChI is InChI=1S/C18H26N2O4S/c1-17(2,3)19(21)13-12-16(14-20(22)18(4,5)6)25(23,24)15-10-8-7-9-11-15/h7-14H,1-6H3/b16-12+,19-13-,20-14-. The van der Waals surface area contributed by atoms with E-state index in [4.69, 9.17) is 0 Å². The van der Waals surface area contributed by atoms with Gasteiger partial charge < -0.3 is 10.4 Å². The zero-order chi connectivity index (χ0) is 19.5. The highest BCUT2D eigenvalue weighted by molar-refractivity contribution is 7.96. The summed E-state index contributed by atoms with van der Waals surface area (Å²) in [6, 6.07) is 7.79. The smallest absolute Gasteiger partial charge is 0.212 e. The fourth-order valence-electron chi connectivity index (χ4n) is 1.61. The van der Waals surface area contributed by atoms with Crippen molar-refractivity contribution < 1.29 is 17.9 Å². The van der Waals surface area contributed by atoms with Gasteiger partial charge in [-0.15, -0.1) is 0 Å². The Kier molecular flexibility index (Phi) is 6.18. The third kappa shape index (κ3) is 5.70. The van der Waals surface area contributed by atoms with E-state index in [0.29, 0.717) is 9.48 Å². The molecule has 25 heavy (non-hydrogen) atoms. The van der Waals surface area contributed by atoms with Gasteiger partial charge in [-0.3, -0.25) is 0 Å². The Balaban J connectivity index is 3.55. The summed E-state index contributed by atoms with van der Waals surface area (Å²) in [5.74, 6) is 0. The SMILES string of the molecule is CC(C)(C)/[N+]([O-])=C/C=C(\C=[N+](/[O-])C(C)(C)C)S(=O)(=O)c1ccccc1. The van der Waals surface area contributed by atoms with E-state index < -0.39 is 20.9 Å². The summed E-state index contributed by atoms with van der Waals surface area (Å²) in [7, 11) is -3.93. The van der Waals surface area contributed by atoms with Crippen LogP contribution in [-0.4, -0.2) is 41.4 Å². The molecule has 1 aromatic rings. The van der Waals surface area contributed by atoms with Crippen molar-refractivity contribution in [3.8, 4) is 0 Å². The number of rotatable bonds is 4. The van der Waals surface area contributed by atoms with Crippen LogP contribution in [0.15, 0.2) is 46.2 Å². The summed E-state index contributed by atoms with van der Waals surface area (Å²) < 4.78 is 26.9. The van der Waals surface area contributed by atoms with Crippen molar-refractivity contribution >= 4 is 22.3 Å². The quantitative estimate of drug-likeness (QED) is 0.355. The van der Waals surface area contributed by atoms with Crippen LogP contribution in [0.2, 0.25) is 0 Å². The topological polar surface area (TPSA) is 86.3 Å². The predicted molar refractivity (Wildman–Crippen MR) is 101 cm³/mol. The van der Waals surface area contributed by atoms with Crippen LogP contribution >= 0.6 is 0 Å². The maximum absolute atomic E-state index is 12.9. The number of benzene rings is 1. The Morgan fingerprint density at radius 1 is 0.920 bits per heavy atom. The molecule has 0 aliphatic heterocycles. The lowest BCUT2D eigenvalue weighted by Crippen LogP contribution is -2.31. The minimum atomic E-state index is -3.93. The van der Waals surface area contributed by atoms with Crippen LogP contribution < -0.4 is 0 Å². The second-order valence-corrected chi connectivity index (χ2v) is 9.61. The van der Waals surface area contributed by atoms with Gasteiger partial charge in [-0.1, -0.05) is 18.2 Å². The monoisotopic (exact) mass is 366 g/mol. The van der Waals surface area contributed by atoms with Crippen LogP contribution in [-0.2, 0) is 9.84 Å². The van der Waals surface area contributed by atoms with Gasteiger partial charge in [0, 0.05) is 47.6 Å². The number of nitrogens with zero attached hydrogens (tertiary/aromatic N) is 2. The zero-order valence-corrected chi connectivity index (χ0v) is 16.4. The van der Waals surface area contributed by atoms with Gasteiger partial charge in [0.1, 0.15) is 4.91 Å². The van der Waals surface area contributed by atoms with E-state index in [1.54, 1.807) is 59.7 Å². The molecule has 7 heteroatoms. The first-order valence-electron chi connectivity index (χ1n) is 7.89. The molecule has 0 spiro atoms. The lowest BCUT2D eigenvalue weighted by molar-refractivity contribution is -0.531. The summed E-state index contributed by atoms with van der Waals surface area (Å²) in [4.78, 5) is -0.185. The van der Waals surface area contributed by atoms with Gasteiger partial charge in [0.25, 0.3) is 0 Å². The van der Waals surface area contributed by atoms with E-state index in [2.05, 4.69) is 0 Å². The average Bonchev–Trinajstić information content (AvgIpc) is 2.49. The van der Waals surface area contributed by atoms with E-state index in [1.165, 1.54) is 12.1 Å². The highest BCUT2D eigenvalue weighted by Gasteiger charge is 2.26. The molecule has 0 atom stereocenters. The first-order valence-corrected chi connectivity index (χ1v) is 9.37. The summed E-state index contributed by atoms with van der Waals surface area (Å²) in [6.45, 7) is 10.1. The van der Waals surface area contributed by atoms with Gasteiger partial charge in [-0.05, 0) is 12.1 Å². The molecule has 1 rings (SSSR count). The van der Waals surface area contributed by atoms with Crippen LogP contribution in [0.4, 0.5) is 0 Å². The largest absolute Gasteiger partial charge is 0.623 e. The van der Waals surface area contributed by atoms with E-state index in [1.807, 2.05) is 0 Å². The van der Waals surface area contributed by atoms with Gasteiger partial charge in [0.05, 0.1) is 4.90 Å². The van der Waals surface area contributed by atoms with Crippen molar-refractivity contribution in [2.75, 3.05) is 0 Å². The molecule has 0 saturated carbocycles. The molecule has 0 saturated heterocycles. The second kappa shape index (κ2) is 7.39. The molecule has 0 bridgehead atoms. The van der Waals surface area contributed by atoms with Gasteiger partial charge in [-0.25, -0.2) is 17.9 Å². The molecule has 1 aromatic carbocycles. The van der Waals surface area contributed by atoms with Crippen molar-refractivity contribution in [1.82, 2.24) is 0 Å². The Morgan fingerprint density at radius 2 is 1.40 bits per heavy atom. The maximum Gasteiger partial charge on any atom is 0.212 e. The Morgan fingerprint density at radius 3 is 1.84 bits per heavy atom. The van der Waals surface area contributed by atoms with E-state index in [-0.39, 0.29) is 9.80 Å². The van der Waals surface area contributed by atoms with Crippen molar-refractivity contribution in [3.63, 3.8) is 0 Å². The molecular formula is C18H26N2O4S. The van der Waals surface area contributed by atoms with E-state index in [0.717, 1.165) is 18.5 Å². The fourth-order valence-corrected chi connectivity index (χ4v) is 2.87. The highest BCUT2D eigenvalue weighted by atomic mass is 32.2. The summed E-state index contributed by atoms with van der Waals surface area (Å²) in [5, 5.41) is 24.3. The van der Waals surface area contributed by atoms with Crippen molar-refractivity contribution in [1.29, 1.82) is 0 Å². The summed E-state index contributed by atoms with van der Waals surface area (Å²) in [6.07, 6.45) is 3.30. The predicted octanol–water partition coefficient (Wildman–Crippen LogP) is 3.10. The number of sulfone groups is 1. The number of allylic oxidation sites excluding steroid dienone is 2. The molecule has 0 radical (unpaired) electrons. The molecule has 0 unspecified atom stereocenters. The van der Waals surface area contributed by atoms with Gasteiger partial charge in [0.15, 0.2) is 23.5 Å². The van der Waals surface area contributed by atoms with Gasteiger partial charge in [-0.2, -0.15) is 0 Å². The van der Waals surface area contributed by atoms with E-state index >= 15 is 0 Å². The third-order valence-electron chi connectivity index (χ3n) is 3.30. The number of hydrogen-bond acceptors (Lipinski definition) is 4. The van der Waals surface area contributed by atoms with Crippen molar-refractivity contribution in [2.24, 2.45) is 0 Å². The zero-order valence-electron chi connectivity index (χ0n) is 15.6. The van der Waals surface area contributed by atoms with E-state index in [9.17, 15) is 18.8 Å². The molecule has 0 aromatic heterocycles. The number of hydroxylamine groups is 2. The molecule has 0 N–H and O–H groups in total. The second-order valence-electron chi connectivity index (χ2n) is 7.66. The molecule has 0 heterocycles. The molecular weight excluding hydrogens is 340 g/mol. The maximum atomic E-state index is 12.9. The summed E-state index contributed by atoms with van der Waals surface area (Å²) in [5.41, 5.74) is -1.54. The van der Waals surface area contributed by atoms with Gasteiger partial charge in [0.2, 0.25) is 9.84 Å². The minimum absolute atomic E-state index is 0.0569. The molecule has 0 fully saturated rings. The first-order chi connectivity index (χ1) is 11.3. The van der Waals surface area contributed by atoms with Crippen LogP contribution in [0.3, 0.4) is 0 Å². The van der Waals surface area contributed by atoms with Gasteiger partial charge >= 0.3 is 0 Å². The van der Waals surface area contributed by atoms with Crippen molar-refractivity contribution in [2.45, 2.75) is 57.5 Å². The molecule has 6 nitrogen and oxygen atoms in total. The molecule has 0 aliphatic carbocycles. The third-order valence-corrected chi connectivity index (χ3v) is 5.06. The van der Waals surface area contributed by atoms with Crippen LogP contribution in [0, 0.1) is 10.4 Å². The minimum Gasteiger partial charge on any atom is -0.623 e.